The number of nitriles is 1. The van der Waals surface area contributed by atoms with Crippen LogP contribution in [0.15, 0.2) is 42.5 Å². The molecule has 4 aliphatic rings. The molecule has 0 spiro atoms. The third-order valence-corrected chi connectivity index (χ3v) is 8.09. The molecule has 3 amide bonds. The molecule has 184 valence electrons. The summed E-state index contributed by atoms with van der Waals surface area (Å²) in [5.41, 5.74) is 3.43. The number of carbonyl (C=O) groups excluding carboxylic acids is 3. The van der Waals surface area contributed by atoms with E-state index in [4.69, 9.17) is 10.00 Å². The Hall–Kier alpha value is -3.70. The van der Waals surface area contributed by atoms with Gasteiger partial charge in [-0.2, -0.15) is 5.26 Å². The van der Waals surface area contributed by atoms with E-state index in [2.05, 4.69) is 28.4 Å². The molecule has 1 N–H and O–H groups in total. The molecule has 1 unspecified atom stereocenters. The number of piperidine rings is 1. The van der Waals surface area contributed by atoms with Gasteiger partial charge in [-0.05, 0) is 67.1 Å². The number of nitrogens with one attached hydrogen (secondary N) is 1. The molecule has 0 bridgehead atoms. The number of amides is 3. The Labute approximate surface area is 209 Å². The van der Waals surface area contributed by atoms with Crippen molar-refractivity contribution in [1.29, 1.82) is 5.26 Å². The van der Waals surface area contributed by atoms with Gasteiger partial charge in [-0.1, -0.05) is 12.1 Å². The quantitative estimate of drug-likeness (QED) is 0.655. The third-order valence-electron chi connectivity index (χ3n) is 8.09. The summed E-state index contributed by atoms with van der Waals surface area (Å²) in [7, 11) is 0. The minimum absolute atomic E-state index is 0.105. The van der Waals surface area contributed by atoms with Gasteiger partial charge in [0.15, 0.2) is 0 Å². The van der Waals surface area contributed by atoms with E-state index in [1.165, 1.54) is 5.56 Å². The molecule has 3 fully saturated rings. The SMILES string of the molecule is N#Cc1ccc(C2CN([C@H]3CCC[C@H]3Oc3ccc4c(c3)CN(C3CCC(=O)NC3=O)C4=O)C2)cc1. The molecule has 6 rings (SSSR count). The molecule has 8 nitrogen and oxygen atoms in total. The van der Waals surface area contributed by atoms with Gasteiger partial charge in [-0.3, -0.25) is 24.6 Å². The molecule has 3 heterocycles. The minimum Gasteiger partial charge on any atom is -0.489 e. The number of nitrogens with zero attached hydrogens (tertiary/aromatic N) is 3. The zero-order valence-corrected chi connectivity index (χ0v) is 20.0. The van der Waals surface area contributed by atoms with E-state index in [0.29, 0.717) is 36.1 Å². The average molecular weight is 485 g/mol. The number of ether oxygens (including phenoxy) is 1. The normalized spacial score (nSPS) is 26.4. The largest absolute Gasteiger partial charge is 0.489 e. The zero-order valence-electron chi connectivity index (χ0n) is 20.0. The second-order valence-corrected chi connectivity index (χ2v) is 10.3. The summed E-state index contributed by atoms with van der Waals surface area (Å²) in [5.74, 6) is 0.398. The van der Waals surface area contributed by atoms with Gasteiger partial charge < -0.3 is 9.64 Å². The van der Waals surface area contributed by atoms with E-state index in [1.807, 2.05) is 24.3 Å². The predicted octanol–water partition coefficient (Wildman–Crippen LogP) is 2.72. The highest BCUT2D eigenvalue weighted by Crippen LogP contribution is 2.37. The number of carbonyl (C=O) groups is 3. The molecule has 36 heavy (non-hydrogen) atoms. The monoisotopic (exact) mass is 484 g/mol. The number of rotatable bonds is 5. The first kappa shape index (κ1) is 22.7. The van der Waals surface area contributed by atoms with Crippen LogP contribution >= 0.6 is 0 Å². The van der Waals surface area contributed by atoms with E-state index in [9.17, 15) is 14.4 Å². The Bertz CT molecular complexity index is 1260. The Morgan fingerprint density at radius 3 is 2.56 bits per heavy atom. The Morgan fingerprint density at radius 1 is 1.00 bits per heavy atom. The van der Waals surface area contributed by atoms with Gasteiger partial charge in [0.2, 0.25) is 11.8 Å². The second kappa shape index (κ2) is 9.07. The zero-order chi connectivity index (χ0) is 24.8. The predicted molar refractivity (Wildman–Crippen MR) is 130 cm³/mol. The van der Waals surface area contributed by atoms with Crippen LogP contribution in [0, 0.1) is 11.3 Å². The number of benzene rings is 2. The number of hydrogen-bond acceptors (Lipinski definition) is 6. The van der Waals surface area contributed by atoms with Crippen molar-refractivity contribution in [2.24, 2.45) is 0 Å². The van der Waals surface area contributed by atoms with Gasteiger partial charge in [-0.25, -0.2) is 0 Å². The summed E-state index contributed by atoms with van der Waals surface area (Å²) < 4.78 is 6.46. The maximum absolute atomic E-state index is 12.9. The van der Waals surface area contributed by atoms with Crippen molar-refractivity contribution in [3.63, 3.8) is 0 Å². The number of imide groups is 1. The van der Waals surface area contributed by atoms with E-state index in [1.54, 1.807) is 11.0 Å². The molecule has 0 radical (unpaired) electrons. The lowest BCUT2D eigenvalue weighted by Gasteiger charge is -2.45. The highest BCUT2D eigenvalue weighted by atomic mass is 16.5. The molecular formula is C28H28N4O4. The Kier molecular flexibility index (Phi) is 5.73. The van der Waals surface area contributed by atoms with Gasteiger partial charge >= 0.3 is 0 Å². The molecule has 2 saturated heterocycles. The molecule has 1 saturated carbocycles. The highest BCUT2D eigenvalue weighted by molar-refractivity contribution is 6.05. The maximum atomic E-state index is 12.9. The van der Waals surface area contributed by atoms with Crippen molar-refractivity contribution in [1.82, 2.24) is 15.1 Å². The van der Waals surface area contributed by atoms with Gasteiger partial charge in [0.1, 0.15) is 17.9 Å². The van der Waals surface area contributed by atoms with Gasteiger partial charge in [0, 0.05) is 43.6 Å². The third kappa shape index (κ3) is 4.03. The van der Waals surface area contributed by atoms with E-state index in [-0.39, 0.29) is 24.3 Å². The minimum atomic E-state index is -0.610. The van der Waals surface area contributed by atoms with Crippen LogP contribution in [0.3, 0.4) is 0 Å². The van der Waals surface area contributed by atoms with E-state index < -0.39 is 11.9 Å². The lowest BCUT2D eigenvalue weighted by Crippen LogP contribution is -2.54. The van der Waals surface area contributed by atoms with Crippen molar-refractivity contribution in [3.8, 4) is 11.8 Å². The number of hydrogen-bond donors (Lipinski definition) is 1. The van der Waals surface area contributed by atoms with Gasteiger partial charge in [-0.15, -0.1) is 0 Å². The van der Waals surface area contributed by atoms with Crippen LogP contribution in [-0.2, 0) is 16.1 Å². The van der Waals surface area contributed by atoms with Crippen LogP contribution < -0.4 is 10.1 Å². The molecular weight excluding hydrogens is 456 g/mol. The molecule has 1 aliphatic carbocycles. The smallest absolute Gasteiger partial charge is 0.255 e. The first-order valence-electron chi connectivity index (χ1n) is 12.7. The van der Waals surface area contributed by atoms with Crippen molar-refractivity contribution in [2.75, 3.05) is 13.1 Å². The van der Waals surface area contributed by atoms with E-state index >= 15 is 0 Å². The Balaban J connectivity index is 1.09. The van der Waals surface area contributed by atoms with E-state index in [0.717, 1.165) is 43.7 Å². The number of fused-ring (bicyclic) bond motifs is 1. The first-order valence-corrected chi connectivity index (χ1v) is 12.7. The van der Waals surface area contributed by atoms with Crippen LogP contribution in [0.25, 0.3) is 0 Å². The number of likely N-dealkylation sites (tertiary alicyclic amines) is 1. The van der Waals surface area contributed by atoms with Gasteiger partial charge in [0.25, 0.3) is 5.91 Å². The summed E-state index contributed by atoms with van der Waals surface area (Å²) in [6.07, 6.45) is 3.94. The van der Waals surface area contributed by atoms with Crippen LogP contribution in [-0.4, -0.2) is 58.8 Å². The summed E-state index contributed by atoms with van der Waals surface area (Å²) in [4.78, 5) is 40.8. The lowest BCUT2D eigenvalue weighted by molar-refractivity contribution is -0.136. The highest BCUT2D eigenvalue weighted by Gasteiger charge is 2.42. The lowest BCUT2D eigenvalue weighted by atomic mass is 9.89. The topological polar surface area (TPSA) is 103 Å². The molecule has 8 heteroatoms. The summed E-state index contributed by atoms with van der Waals surface area (Å²) in [5, 5.41) is 11.4. The van der Waals surface area contributed by atoms with Gasteiger partial charge in [0.05, 0.1) is 11.6 Å². The van der Waals surface area contributed by atoms with Crippen molar-refractivity contribution >= 4 is 17.7 Å². The summed E-state index contributed by atoms with van der Waals surface area (Å²) in [6.45, 7) is 2.34. The standard InChI is InChI=1S/C28H28N4O4/c29-13-17-4-6-18(7-5-17)20-14-31(15-20)23-2-1-3-25(23)36-21-8-9-22-19(12-21)16-32(28(22)35)24-10-11-26(33)30-27(24)34/h4-9,12,20,23-25H,1-3,10-11,14-16H2,(H,30,33,34)/t23-,24?,25+/m0/s1. The van der Waals surface area contributed by atoms with Crippen LogP contribution in [0.1, 0.15) is 65.1 Å². The van der Waals surface area contributed by atoms with Crippen molar-refractivity contribution in [2.45, 2.75) is 62.8 Å². The fourth-order valence-corrected chi connectivity index (χ4v) is 6.08. The van der Waals surface area contributed by atoms with Crippen LogP contribution in [0.4, 0.5) is 0 Å². The molecule has 0 aromatic heterocycles. The molecule has 3 atom stereocenters. The van der Waals surface area contributed by atoms with Crippen molar-refractivity contribution < 1.29 is 19.1 Å². The average Bonchev–Trinajstić information content (AvgIpc) is 3.43. The summed E-state index contributed by atoms with van der Waals surface area (Å²) >= 11 is 0. The first-order chi connectivity index (χ1) is 17.5. The van der Waals surface area contributed by atoms with Crippen molar-refractivity contribution in [3.05, 3.63) is 64.7 Å². The van der Waals surface area contributed by atoms with Crippen LogP contribution in [0.2, 0.25) is 0 Å². The second-order valence-electron chi connectivity index (χ2n) is 10.3. The fourth-order valence-electron chi connectivity index (χ4n) is 6.08. The molecule has 2 aromatic rings. The Morgan fingerprint density at radius 2 is 1.81 bits per heavy atom. The fraction of sp³-hybridized carbons (Fsp3) is 0.429. The van der Waals surface area contributed by atoms with Crippen LogP contribution in [0.5, 0.6) is 5.75 Å². The summed E-state index contributed by atoms with van der Waals surface area (Å²) in [6, 6.07) is 15.4. The maximum Gasteiger partial charge on any atom is 0.255 e. The molecule has 3 aliphatic heterocycles. The molecule has 2 aromatic carbocycles.